The van der Waals surface area contributed by atoms with E-state index in [-0.39, 0.29) is 5.92 Å². The quantitative estimate of drug-likeness (QED) is 0.833. The van der Waals surface area contributed by atoms with E-state index >= 15 is 0 Å². The lowest BCUT2D eigenvalue weighted by molar-refractivity contribution is 0.352. The normalized spacial score (nSPS) is 10.6. The number of nitrogens with one attached hydrogen (secondary N) is 1. The fourth-order valence-corrected chi connectivity index (χ4v) is 1.32. The third kappa shape index (κ3) is 2.15. The summed E-state index contributed by atoms with van der Waals surface area (Å²) in [5, 5.41) is 10.6. The molecule has 0 spiro atoms. The van der Waals surface area contributed by atoms with Crippen LogP contribution in [-0.4, -0.2) is 10.4 Å². The van der Waals surface area contributed by atoms with Crippen LogP contribution in [0.25, 0.3) is 0 Å². The molecule has 1 aromatic carbocycles. The number of hydrogen-bond donors (Lipinski definition) is 1. The zero-order chi connectivity index (χ0) is 10.7. The van der Waals surface area contributed by atoms with Gasteiger partial charge in [-0.1, -0.05) is 37.1 Å². The molecule has 78 valence electrons. The molecule has 0 aliphatic carbocycles. The van der Waals surface area contributed by atoms with Crippen molar-refractivity contribution in [2.75, 3.05) is 5.32 Å². The van der Waals surface area contributed by atoms with Gasteiger partial charge in [0.1, 0.15) is 0 Å². The van der Waals surface area contributed by atoms with Gasteiger partial charge in [-0.25, -0.2) is 0 Å². The number of anilines is 2. The van der Waals surface area contributed by atoms with Gasteiger partial charge in [0.2, 0.25) is 0 Å². The van der Waals surface area contributed by atoms with Crippen molar-refractivity contribution >= 4 is 11.5 Å². The Labute approximate surface area is 88.3 Å². The standard InChI is InChI=1S/C11H13N3O/c1-8(2)10-11(13-14-15-10)12-9-6-4-3-5-7-9/h3-8,12H,1-2H3. The number of hydrogen-bond acceptors (Lipinski definition) is 4. The van der Waals surface area contributed by atoms with Crippen LogP contribution in [-0.2, 0) is 0 Å². The lowest BCUT2D eigenvalue weighted by atomic mass is 10.1. The summed E-state index contributed by atoms with van der Waals surface area (Å²) in [7, 11) is 0. The van der Waals surface area contributed by atoms with Gasteiger partial charge < -0.3 is 9.84 Å². The highest BCUT2D eigenvalue weighted by atomic mass is 16.5. The average molecular weight is 203 g/mol. The van der Waals surface area contributed by atoms with Crippen molar-refractivity contribution in [2.45, 2.75) is 19.8 Å². The second kappa shape index (κ2) is 4.13. The number of aromatic nitrogens is 2. The Balaban J connectivity index is 2.21. The largest absolute Gasteiger partial charge is 0.339 e. The molecular formula is C11H13N3O. The summed E-state index contributed by atoms with van der Waals surface area (Å²) in [5.74, 6) is 1.74. The van der Waals surface area contributed by atoms with Gasteiger partial charge in [-0.2, -0.15) is 0 Å². The second-order valence-electron chi connectivity index (χ2n) is 3.63. The highest BCUT2D eigenvalue weighted by molar-refractivity contribution is 5.57. The van der Waals surface area contributed by atoms with Gasteiger partial charge in [-0.3, -0.25) is 0 Å². The first-order chi connectivity index (χ1) is 7.27. The fraction of sp³-hybridized carbons (Fsp3) is 0.273. The smallest absolute Gasteiger partial charge is 0.198 e. The third-order valence-corrected chi connectivity index (χ3v) is 2.07. The topological polar surface area (TPSA) is 51.0 Å². The molecule has 1 heterocycles. The monoisotopic (exact) mass is 203 g/mol. The average Bonchev–Trinajstić information content (AvgIpc) is 2.67. The minimum Gasteiger partial charge on any atom is -0.339 e. The predicted molar refractivity (Wildman–Crippen MR) is 58.1 cm³/mol. The molecule has 0 amide bonds. The van der Waals surface area contributed by atoms with Gasteiger partial charge in [0.25, 0.3) is 0 Å². The van der Waals surface area contributed by atoms with Crippen molar-refractivity contribution in [1.82, 2.24) is 10.4 Å². The summed E-state index contributed by atoms with van der Waals surface area (Å²) in [6, 6.07) is 9.84. The van der Waals surface area contributed by atoms with Crippen molar-refractivity contribution in [2.24, 2.45) is 0 Å². The SMILES string of the molecule is CC(C)c1onnc1Nc1ccccc1. The van der Waals surface area contributed by atoms with E-state index in [1.165, 1.54) is 0 Å². The van der Waals surface area contributed by atoms with Crippen molar-refractivity contribution < 1.29 is 4.52 Å². The van der Waals surface area contributed by atoms with Gasteiger partial charge in [-0.05, 0) is 12.1 Å². The molecule has 0 unspecified atom stereocenters. The maximum absolute atomic E-state index is 5.07. The van der Waals surface area contributed by atoms with E-state index in [4.69, 9.17) is 4.52 Å². The summed E-state index contributed by atoms with van der Waals surface area (Å²) < 4.78 is 5.07. The molecule has 4 nitrogen and oxygen atoms in total. The Morgan fingerprint density at radius 2 is 1.93 bits per heavy atom. The molecule has 0 aliphatic heterocycles. The minimum absolute atomic E-state index is 0.270. The van der Waals surface area contributed by atoms with E-state index in [1.807, 2.05) is 44.2 Å². The summed E-state index contributed by atoms with van der Waals surface area (Å²) in [5.41, 5.74) is 0.982. The first-order valence-electron chi connectivity index (χ1n) is 4.91. The summed E-state index contributed by atoms with van der Waals surface area (Å²) >= 11 is 0. The second-order valence-corrected chi connectivity index (χ2v) is 3.63. The van der Waals surface area contributed by atoms with Crippen LogP contribution >= 0.6 is 0 Å². The van der Waals surface area contributed by atoms with E-state index < -0.39 is 0 Å². The molecule has 0 saturated carbocycles. The molecule has 0 bridgehead atoms. The summed E-state index contributed by atoms with van der Waals surface area (Å²) in [6.07, 6.45) is 0. The van der Waals surface area contributed by atoms with Crippen LogP contribution in [0.4, 0.5) is 11.5 Å². The first kappa shape index (κ1) is 9.71. The predicted octanol–water partition coefficient (Wildman–Crippen LogP) is 2.94. The molecule has 0 saturated heterocycles. The maximum atomic E-state index is 5.07. The Kier molecular flexibility index (Phi) is 2.67. The molecule has 0 radical (unpaired) electrons. The van der Waals surface area contributed by atoms with Crippen molar-refractivity contribution in [3.63, 3.8) is 0 Å². The third-order valence-electron chi connectivity index (χ3n) is 2.07. The van der Waals surface area contributed by atoms with Crippen LogP contribution in [0.15, 0.2) is 34.9 Å². The zero-order valence-corrected chi connectivity index (χ0v) is 8.77. The highest BCUT2D eigenvalue weighted by Gasteiger charge is 2.13. The summed E-state index contributed by atoms with van der Waals surface area (Å²) in [4.78, 5) is 0. The van der Waals surface area contributed by atoms with E-state index in [1.54, 1.807) is 0 Å². The minimum atomic E-state index is 0.270. The van der Waals surface area contributed by atoms with E-state index in [0.29, 0.717) is 5.82 Å². The fourth-order valence-electron chi connectivity index (χ4n) is 1.32. The van der Waals surface area contributed by atoms with Crippen molar-refractivity contribution in [1.29, 1.82) is 0 Å². The van der Waals surface area contributed by atoms with E-state index in [9.17, 15) is 0 Å². The van der Waals surface area contributed by atoms with Crippen LogP contribution in [0.5, 0.6) is 0 Å². The molecule has 2 rings (SSSR count). The number of para-hydroxylation sites is 1. The molecule has 15 heavy (non-hydrogen) atoms. The van der Waals surface area contributed by atoms with E-state index in [0.717, 1.165) is 11.4 Å². The van der Waals surface area contributed by atoms with Gasteiger partial charge in [0.15, 0.2) is 11.6 Å². The molecule has 0 aliphatic rings. The Bertz CT molecular complexity index is 422. The van der Waals surface area contributed by atoms with Crippen molar-refractivity contribution in [3.8, 4) is 0 Å². The maximum Gasteiger partial charge on any atom is 0.198 e. The van der Waals surface area contributed by atoms with Crippen LogP contribution in [0, 0.1) is 0 Å². The summed E-state index contributed by atoms with van der Waals surface area (Å²) in [6.45, 7) is 4.08. The molecule has 2 aromatic rings. The lowest BCUT2D eigenvalue weighted by Gasteiger charge is -2.04. The van der Waals surface area contributed by atoms with Crippen LogP contribution in [0.2, 0.25) is 0 Å². The Hall–Kier alpha value is -1.84. The van der Waals surface area contributed by atoms with Crippen LogP contribution in [0.1, 0.15) is 25.5 Å². The molecular weight excluding hydrogens is 190 g/mol. The van der Waals surface area contributed by atoms with Gasteiger partial charge in [-0.15, -0.1) is 0 Å². The van der Waals surface area contributed by atoms with Crippen LogP contribution < -0.4 is 5.32 Å². The number of benzene rings is 1. The first-order valence-corrected chi connectivity index (χ1v) is 4.91. The highest BCUT2D eigenvalue weighted by Crippen LogP contribution is 2.24. The number of rotatable bonds is 3. The number of nitrogens with zero attached hydrogens (tertiary/aromatic N) is 2. The Morgan fingerprint density at radius 1 is 1.20 bits per heavy atom. The van der Waals surface area contributed by atoms with Gasteiger partial charge in [0, 0.05) is 16.9 Å². The Morgan fingerprint density at radius 3 is 2.60 bits per heavy atom. The molecule has 4 heteroatoms. The van der Waals surface area contributed by atoms with Crippen molar-refractivity contribution in [3.05, 3.63) is 36.1 Å². The van der Waals surface area contributed by atoms with Gasteiger partial charge in [0.05, 0.1) is 0 Å². The zero-order valence-electron chi connectivity index (χ0n) is 8.77. The molecule has 1 N–H and O–H groups in total. The molecule has 1 aromatic heterocycles. The molecule has 0 atom stereocenters. The molecule has 0 fully saturated rings. The van der Waals surface area contributed by atoms with Gasteiger partial charge >= 0.3 is 0 Å². The van der Waals surface area contributed by atoms with Crippen LogP contribution in [0.3, 0.4) is 0 Å². The lowest BCUT2D eigenvalue weighted by Crippen LogP contribution is -1.95. The van der Waals surface area contributed by atoms with E-state index in [2.05, 4.69) is 15.7 Å².